The summed E-state index contributed by atoms with van der Waals surface area (Å²) < 4.78 is 4.82. The lowest BCUT2D eigenvalue weighted by Gasteiger charge is -2.27. The molecule has 0 aromatic heterocycles. The molecule has 0 aliphatic carbocycles. The highest BCUT2D eigenvalue weighted by atomic mass is 32.2. The van der Waals surface area contributed by atoms with Crippen LogP contribution in [0.25, 0.3) is 0 Å². The van der Waals surface area contributed by atoms with Gasteiger partial charge in [-0.3, -0.25) is 0 Å². The first kappa shape index (κ1) is 10.7. The molecule has 2 atom stereocenters. The minimum Gasteiger partial charge on any atom is -0.448 e. The zero-order valence-corrected chi connectivity index (χ0v) is 8.71. The molecule has 1 rings (SSSR count). The van der Waals surface area contributed by atoms with Gasteiger partial charge in [0.15, 0.2) is 0 Å². The molecule has 2 unspecified atom stereocenters. The number of hydrogen-bond donors (Lipinski definition) is 1. The van der Waals surface area contributed by atoms with Crippen LogP contribution in [0.5, 0.6) is 0 Å². The summed E-state index contributed by atoms with van der Waals surface area (Å²) in [6.07, 6.45) is 1.67. The molecule has 1 N–H and O–H groups in total. The summed E-state index contributed by atoms with van der Waals surface area (Å²) >= 11 is 1.57. The summed E-state index contributed by atoms with van der Waals surface area (Å²) in [5, 5.41) is 9.12. The molecule has 1 aliphatic heterocycles. The molecule has 1 fully saturated rings. The predicted octanol–water partition coefficient (Wildman–Crippen LogP) is 0.551. The van der Waals surface area contributed by atoms with Gasteiger partial charge in [0.25, 0.3) is 0 Å². The van der Waals surface area contributed by atoms with E-state index in [9.17, 15) is 4.79 Å². The van der Waals surface area contributed by atoms with E-state index in [0.717, 1.165) is 0 Å². The number of nitrogens with zero attached hydrogens (tertiary/aromatic N) is 1. The zero-order chi connectivity index (χ0) is 9.84. The van der Waals surface area contributed by atoms with Crippen LogP contribution in [0.3, 0.4) is 0 Å². The second kappa shape index (κ2) is 4.72. The van der Waals surface area contributed by atoms with E-state index in [-0.39, 0.29) is 24.0 Å². The van der Waals surface area contributed by atoms with E-state index in [1.165, 1.54) is 0 Å². The lowest BCUT2D eigenvalue weighted by molar-refractivity contribution is 0.145. The average molecular weight is 205 g/mol. The first-order chi connectivity index (χ1) is 6.20. The molecule has 13 heavy (non-hydrogen) atoms. The van der Waals surface area contributed by atoms with Gasteiger partial charge in [0.2, 0.25) is 0 Å². The van der Waals surface area contributed by atoms with Gasteiger partial charge in [-0.2, -0.15) is 11.8 Å². The van der Waals surface area contributed by atoms with Crippen LogP contribution in [-0.2, 0) is 4.74 Å². The SMILES string of the molecule is CSC(CO)C(C)N1CCOC1=O. The molecular formula is C8H15NO3S. The first-order valence-corrected chi connectivity index (χ1v) is 5.56. The average Bonchev–Trinajstić information content (AvgIpc) is 2.53. The van der Waals surface area contributed by atoms with Gasteiger partial charge in [-0.15, -0.1) is 0 Å². The van der Waals surface area contributed by atoms with Gasteiger partial charge in [0.05, 0.1) is 13.2 Å². The Kier molecular flexibility index (Phi) is 3.87. The van der Waals surface area contributed by atoms with Crippen LogP contribution in [0.1, 0.15) is 6.92 Å². The summed E-state index contributed by atoms with van der Waals surface area (Å²) in [6.45, 7) is 3.13. The number of carbonyl (C=O) groups is 1. The fraction of sp³-hybridized carbons (Fsp3) is 0.875. The van der Waals surface area contributed by atoms with Crippen LogP contribution in [0.4, 0.5) is 4.79 Å². The van der Waals surface area contributed by atoms with Gasteiger partial charge in [0.1, 0.15) is 6.61 Å². The molecule has 5 heteroatoms. The predicted molar refractivity (Wildman–Crippen MR) is 51.9 cm³/mol. The van der Waals surface area contributed by atoms with E-state index in [0.29, 0.717) is 13.2 Å². The van der Waals surface area contributed by atoms with E-state index in [1.807, 2.05) is 13.2 Å². The summed E-state index contributed by atoms with van der Waals surface area (Å²) in [5.41, 5.74) is 0. The molecule has 0 bridgehead atoms. The number of aliphatic hydroxyl groups is 1. The van der Waals surface area contributed by atoms with Crippen LogP contribution >= 0.6 is 11.8 Å². The molecule has 0 aromatic rings. The molecule has 1 aliphatic rings. The summed E-state index contributed by atoms with van der Waals surface area (Å²) in [7, 11) is 0. The molecule has 0 aromatic carbocycles. The third-order valence-corrected chi connectivity index (χ3v) is 3.45. The van der Waals surface area contributed by atoms with Gasteiger partial charge in [-0.05, 0) is 13.2 Å². The second-order valence-corrected chi connectivity index (χ2v) is 4.08. The normalized spacial score (nSPS) is 21.5. The topological polar surface area (TPSA) is 49.8 Å². The maximum absolute atomic E-state index is 11.2. The van der Waals surface area contributed by atoms with Gasteiger partial charge < -0.3 is 14.7 Å². The number of hydrogen-bond acceptors (Lipinski definition) is 4. The van der Waals surface area contributed by atoms with Crippen LogP contribution in [0.15, 0.2) is 0 Å². The third kappa shape index (κ3) is 2.28. The quantitative estimate of drug-likeness (QED) is 0.728. The fourth-order valence-corrected chi connectivity index (χ4v) is 2.09. The molecule has 1 heterocycles. The Morgan fingerprint density at radius 2 is 2.46 bits per heavy atom. The number of thioether (sulfide) groups is 1. The number of aliphatic hydroxyl groups excluding tert-OH is 1. The molecule has 0 radical (unpaired) electrons. The van der Waals surface area contributed by atoms with Crippen LogP contribution < -0.4 is 0 Å². The van der Waals surface area contributed by atoms with Crippen molar-refractivity contribution >= 4 is 17.9 Å². The van der Waals surface area contributed by atoms with E-state index in [2.05, 4.69) is 0 Å². The number of rotatable bonds is 4. The van der Waals surface area contributed by atoms with Crippen molar-refractivity contribution in [3.05, 3.63) is 0 Å². The first-order valence-electron chi connectivity index (χ1n) is 4.27. The van der Waals surface area contributed by atoms with E-state index >= 15 is 0 Å². The maximum atomic E-state index is 11.2. The van der Waals surface area contributed by atoms with Crippen LogP contribution in [0, 0.1) is 0 Å². The van der Waals surface area contributed by atoms with Crippen molar-refractivity contribution in [3.8, 4) is 0 Å². The molecular weight excluding hydrogens is 190 g/mol. The lowest BCUT2D eigenvalue weighted by Crippen LogP contribution is -2.42. The molecule has 1 saturated heterocycles. The Balaban J connectivity index is 2.54. The van der Waals surface area contributed by atoms with Gasteiger partial charge in [-0.25, -0.2) is 4.79 Å². The summed E-state index contributed by atoms with van der Waals surface area (Å²) in [4.78, 5) is 12.8. The van der Waals surface area contributed by atoms with Gasteiger partial charge in [0, 0.05) is 11.3 Å². The highest BCUT2D eigenvalue weighted by Gasteiger charge is 2.31. The van der Waals surface area contributed by atoms with Crippen LogP contribution in [-0.4, -0.2) is 53.4 Å². The Morgan fingerprint density at radius 1 is 1.77 bits per heavy atom. The minimum absolute atomic E-state index is 0.0370. The highest BCUT2D eigenvalue weighted by Crippen LogP contribution is 2.18. The maximum Gasteiger partial charge on any atom is 0.410 e. The molecule has 0 spiro atoms. The molecule has 76 valence electrons. The highest BCUT2D eigenvalue weighted by molar-refractivity contribution is 7.99. The molecule has 1 amide bonds. The van der Waals surface area contributed by atoms with Crippen molar-refractivity contribution < 1.29 is 14.6 Å². The summed E-state index contributed by atoms with van der Waals surface area (Å²) in [6, 6.07) is 0.0370. The second-order valence-electron chi connectivity index (χ2n) is 3.01. The van der Waals surface area contributed by atoms with Gasteiger partial charge in [-0.1, -0.05) is 0 Å². The van der Waals surface area contributed by atoms with Crippen molar-refractivity contribution in [2.75, 3.05) is 26.0 Å². The zero-order valence-electron chi connectivity index (χ0n) is 7.90. The Bertz CT molecular complexity index is 184. The standard InChI is InChI=1S/C8H15NO3S/c1-6(7(5-10)13-2)9-3-4-12-8(9)11/h6-7,10H,3-5H2,1-2H3. The van der Waals surface area contributed by atoms with E-state index < -0.39 is 0 Å². The largest absolute Gasteiger partial charge is 0.448 e. The lowest BCUT2D eigenvalue weighted by atomic mass is 10.2. The molecule has 0 saturated carbocycles. The van der Waals surface area contributed by atoms with E-state index in [4.69, 9.17) is 9.84 Å². The number of amides is 1. The number of cyclic esters (lactones) is 1. The minimum atomic E-state index is -0.264. The number of ether oxygens (including phenoxy) is 1. The van der Waals surface area contributed by atoms with Crippen molar-refractivity contribution in [2.24, 2.45) is 0 Å². The Hall–Kier alpha value is -0.420. The van der Waals surface area contributed by atoms with Gasteiger partial charge >= 0.3 is 6.09 Å². The Morgan fingerprint density at radius 3 is 2.85 bits per heavy atom. The van der Waals surface area contributed by atoms with Crippen LogP contribution in [0.2, 0.25) is 0 Å². The van der Waals surface area contributed by atoms with Crippen molar-refractivity contribution in [1.29, 1.82) is 0 Å². The third-order valence-electron chi connectivity index (χ3n) is 2.30. The van der Waals surface area contributed by atoms with Crippen molar-refractivity contribution in [3.63, 3.8) is 0 Å². The van der Waals surface area contributed by atoms with E-state index in [1.54, 1.807) is 16.7 Å². The van der Waals surface area contributed by atoms with Crippen molar-refractivity contribution in [1.82, 2.24) is 4.90 Å². The Labute approximate surface area is 82.2 Å². The monoisotopic (exact) mass is 205 g/mol. The fourth-order valence-electron chi connectivity index (χ4n) is 1.40. The number of carbonyl (C=O) groups excluding carboxylic acids is 1. The molecule has 4 nitrogen and oxygen atoms in total. The van der Waals surface area contributed by atoms with Crippen molar-refractivity contribution in [2.45, 2.75) is 18.2 Å². The summed E-state index contributed by atoms with van der Waals surface area (Å²) in [5.74, 6) is 0. The smallest absolute Gasteiger partial charge is 0.410 e.